The summed E-state index contributed by atoms with van der Waals surface area (Å²) >= 11 is 0. The van der Waals surface area contributed by atoms with E-state index in [4.69, 9.17) is 0 Å². The minimum Gasteiger partial charge on any atom is -0.335 e. The number of nitrogens with zero attached hydrogens (tertiary/aromatic N) is 1. The minimum absolute atomic E-state index is 0.000405. The molecule has 1 aromatic heterocycles. The zero-order chi connectivity index (χ0) is 12.8. The fourth-order valence-electron chi connectivity index (χ4n) is 2.10. The lowest BCUT2D eigenvalue weighted by Gasteiger charge is -2.11. The summed E-state index contributed by atoms with van der Waals surface area (Å²) in [5.41, 5.74) is 6.93. The molecule has 2 unspecified atom stereocenters. The van der Waals surface area contributed by atoms with Crippen molar-refractivity contribution < 1.29 is 4.79 Å². The predicted molar refractivity (Wildman–Crippen MR) is 69.7 cm³/mol. The molecule has 1 saturated heterocycles. The summed E-state index contributed by atoms with van der Waals surface area (Å²) < 4.78 is 0. The molecule has 0 aliphatic carbocycles. The average molecular weight is 248 g/mol. The second-order valence-electron chi connectivity index (χ2n) is 4.63. The largest absolute Gasteiger partial charge is 0.335 e. The fraction of sp³-hybridized carbons (Fsp3) is 0.538. The van der Waals surface area contributed by atoms with Crippen LogP contribution in [0.15, 0.2) is 24.5 Å². The number of hydrazine groups is 1. The molecule has 0 aromatic carbocycles. The molecule has 98 valence electrons. The van der Waals surface area contributed by atoms with E-state index in [-0.39, 0.29) is 12.1 Å². The number of nitrogens with one attached hydrogen (secondary N) is 3. The average Bonchev–Trinajstić information content (AvgIpc) is 2.85. The van der Waals surface area contributed by atoms with Crippen molar-refractivity contribution >= 4 is 5.91 Å². The van der Waals surface area contributed by atoms with E-state index >= 15 is 0 Å². The van der Waals surface area contributed by atoms with E-state index in [1.54, 1.807) is 24.5 Å². The first-order chi connectivity index (χ1) is 8.79. The Labute approximate surface area is 107 Å². The highest BCUT2D eigenvalue weighted by Crippen LogP contribution is 2.10. The van der Waals surface area contributed by atoms with Gasteiger partial charge in [-0.05, 0) is 25.0 Å². The van der Waals surface area contributed by atoms with Gasteiger partial charge in [0.1, 0.15) is 0 Å². The summed E-state index contributed by atoms with van der Waals surface area (Å²) in [5, 5.41) is 2.95. The van der Waals surface area contributed by atoms with E-state index in [1.165, 1.54) is 12.8 Å². The molecule has 2 atom stereocenters. The Morgan fingerprint density at radius 1 is 1.56 bits per heavy atom. The summed E-state index contributed by atoms with van der Waals surface area (Å²) in [6.45, 7) is 2.18. The molecule has 2 heterocycles. The monoisotopic (exact) mass is 248 g/mol. The molecule has 1 fully saturated rings. The van der Waals surface area contributed by atoms with Gasteiger partial charge in [0.2, 0.25) is 0 Å². The van der Waals surface area contributed by atoms with Crippen molar-refractivity contribution in [3.63, 3.8) is 0 Å². The quantitative estimate of drug-likeness (QED) is 0.732. The maximum Gasteiger partial charge on any atom is 0.254 e. The number of pyridine rings is 1. The van der Waals surface area contributed by atoms with Crippen LogP contribution in [0.1, 0.15) is 43.0 Å². The molecule has 3 N–H and O–H groups in total. The lowest BCUT2D eigenvalue weighted by atomic mass is 10.1. The lowest BCUT2D eigenvalue weighted by Crippen LogP contribution is -2.44. The Bertz CT molecular complexity index is 382. The summed E-state index contributed by atoms with van der Waals surface area (Å²) in [4.78, 5) is 15.8. The first-order valence-electron chi connectivity index (χ1n) is 6.51. The number of carbonyl (C=O) groups is 1. The van der Waals surface area contributed by atoms with E-state index in [9.17, 15) is 4.79 Å². The van der Waals surface area contributed by atoms with Crippen molar-refractivity contribution in [2.24, 2.45) is 0 Å². The topological polar surface area (TPSA) is 66.0 Å². The maximum atomic E-state index is 11.9. The molecule has 0 radical (unpaired) electrons. The zero-order valence-electron chi connectivity index (χ0n) is 10.6. The second kappa shape index (κ2) is 6.47. The third-order valence-electron chi connectivity index (χ3n) is 3.12. The third kappa shape index (κ3) is 3.51. The Morgan fingerprint density at radius 3 is 3.17 bits per heavy atom. The van der Waals surface area contributed by atoms with Gasteiger partial charge in [-0.3, -0.25) is 15.2 Å². The number of unbranched alkanes of at least 4 members (excludes halogenated alkanes) is 1. The van der Waals surface area contributed by atoms with Crippen LogP contribution >= 0.6 is 0 Å². The summed E-state index contributed by atoms with van der Waals surface area (Å²) in [7, 11) is 0. The number of hydrogen-bond acceptors (Lipinski definition) is 4. The lowest BCUT2D eigenvalue weighted by molar-refractivity contribution is 0.0932. The molecular formula is C13H20N4O. The van der Waals surface area contributed by atoms with E-state index < -0.39 is 0 Å². The highest BCUT2D eigenvalue weighted by molar-refractivity contribution is 5.93. The summed E-state index contributed by atoms with van der Waals surface area (Å²) in [6, 6.07) is 3.97. The summed E-state index contributed by atoms with van der Waals surface area (Å²) in [5.74, 6) is -0.0847. The van der Waals surface area contributed by atoms with Crippen molar-refractivity contribution in [2.45, 2.75) is 44.8 Å². The number of hydrogen-bond donors (Lipinski definition) is 3. The zero-order valence-corrected chi connectivity index (χ0v) is 10.6. The number of amides is 1. The van der Waals surface area contributed by atoms with Crippen LogP contribution in [0.5, 0.6) is 0 Å². The molecule has 1 amide bonds. The van der Waals surface area contributed by atoms with Crippen LogP contribution in [0.3, 0.4) is 0 Å². The molecule has 1 aromatic rings. The third-order valence-corrected chi connectivity index (χ3v) is 3.12. The molecule has 18 heavy (non-hydrogen) atoms. The van der Waals surface area contributed by atoms with Gasteiger partial charge in [0, 0.05) is 18.4 Å². The molecule has 1 aliphatic heterocycles. The Hall–Kier alpha value is -1.46. The van der Waals surface area contributed by atoms with Crippen molar-refractivity contribution in [3.8, 4) is 0 Å². The van der Waals surface area contributed by atoms with Crippen LogP contribution in [0, 0.1) is 0 Å². The molecule has 0 bridgehead atoms. The van der Waals surface area contributed by atoms with Gasteiger partial charge in [-0.2, -0.15) is 0 Å². The predicted octanol–water partition coefficient (Wildman–Crippen LogP) is 1.19. The number of rotatable bonds is 5. The van der Waals surface area contributed by atoms with Crippen molar-refractivity contribution in [1.82, 2.24) is 21.2 Å². The molecule has 2 rings (SSSR count). The van der Waals surface area contributed by atoms with Crippen molar-refractivity contribution in [2.75, 3.05) is 0 Å². The van der Waals surface area contributed by atoms with Crippen LogP contribution in [0.4, 0.5) is 0 Å². The van der Waals surface area contributed by atoms with Gasteiger partial charge in [0.15, 0.2) is 0 Å². The van der Waals surface area contributed by atoms with Crippen LogP contribution in [0.25, 0.3) is 0 Å². The molecule has 1 aliphatic rings. The smallest absolute Gasteiger partial charge is 0.254 e. The van der Waals surface area contributed by atoms with Gasteiger partial charge in [-0.15, -0.1) is 0 Å². The van der Waals surface area contributed by atoms with E-state index in [1.807, 2.05) is 0 Å². The van der Waals surface area contributed by atoms with E-state index in [0.29, 0.717) is 11.6 Å². The molecular weight excluding hydrogens is 228 g/mol. The Morgan fingerprint density at radius 2 is 2.44 bits per heavy atom. The standard InChI is InChI=1S/C13H20N4O/c1-2-3-6-11-8-12(17-16-11)15-13(18)10-5-4-7-14-9-10/h4-5,7,9,11-12,16-17H,2-3,6,8H2,1H3,(H,15,18). The van der Waals surface area contributed by atoms with E-state index in [2.05, 4.69) is 28.1 Å². The number of carbonyl (C=O) groups excluding carboxylic acids is 1. The van der Waals surface area contributed by atoms with Gasteiger partial charge < -0.3 is 5.32 Å². The van der Waals surface area contributed by atoms with Crippen LogP contribution in [0.2, 0.25) is 0 Å². The molecule has 5 heteroatoms. The SMILES string of the molecule is CCCCC1CC(NC(=O)c2cccnc2)NN1. The normalized spacial score (nSPS) is 22.9. The maximum absolute atomic E-state index is 11.9. The highest BCUT2D eigenvalue weighted by atomic mass is 16.1. The highest BCUT2D eigenvalue weighted by Gasteiger charge is 2.24. The van der Waals surface area contributed by atoms with Crippen molar-refractivity contribution in [3.05, 3.63) is 30.1 Å². The first-order valence-corrected chi connectivity index (χ1v) is 6.51. The van der Waals surface area contributed by atoms with Gasteiger partial charge in [0.05, 0.1) is 11.7 Å². The van der Waals surface area contributed by atoms with Gasteiger partial charge >= 0.3 is 0 Å². The Kier molecular flexibility index (Phi) is 4.66. The molecule has 0 saturated carbocycles. The van der Waals surface area contributed by atoms with Crippen LogP contribution in [-0.4, -0.2) is 23.1 Å². The summed E-state index contributed by atoms with van der Waals surface area (Å²) in [6.07, 6.45) is 7.71. The molecule has 0 spiro atoms. The minimum atomic E-state index is -0.0847. The van der Waals surface area contributed by atoms with Crippen molar-refractivity contribution in [1.29, 1.82) is 0 Å². The Balaban J connectivity index is 1.79. The van der Waals surface area contributed by atoms with Gasteiger partial charge in [-0.25, -0.2) is 5.43 Å². The number of aromatic nitrogens is 1. The van der Waals surface area contributed by atoms with E-state index in [0.717, 1.165) is 12.8 Å². The van der Waals surface area contributed by atoms with Gasteiger partial charge in [0.25, 0.3) is 5.91 Å². The second-order valence-corrected chi connectivity index (χ2v) is 4.63. The molecule has 5 nitrogen and oxygen atoms in total. The van der Waals surface area contributed by atoms with Gasteiger partial charge in [-0.1, -0.05) is 19.8 Å². The first kappa shape index (κ1) is 13.0. The van der Waals surface area contributed by atoms with Crippen LogP contribution < -0.4 is 16.2 Å². The van der Waals surface area contributed by atoms with Crippen LogP contribution in [-0.2, 0) is 0 Å². The fourth-order valence-corrected chi connectivity index (χ4v) is 2.10.